The van der Waals surface area contributed by atoms with Gasteiger partial charge >= 0.3 is 11.8 Å². The first-order valence-corrected chi connectivity index (χ1v) is 6.65. The van der Waals surface area contributed by atoms with E-state index in [1.807, 2.05) is 50.2 Å². The molecule has 0 saturated carbocycles. The van der Waals surface area contributed by atoms with Gasteiger partial charge in [0.2, 0.25) is 0 Å². The van der Waals surface area contributed by atoms with E-state index in [0.717, 1.165) is 10.8 Å². The van der Waals surface area contributed by atoms with Crippen LogP contribution < -0.4 is 10.6 Å². The number of hydrogen-bond donors (Lipinski definition) is 2. The van der Waals surface area contributed by atoms with Crippen LogP contribution in [0.3, 0.4) is 0 Å². The molecule has 0 aliphatic rings. The lowest BCUT2D eigenvalue weighted by molar-refractivity contribution is -0.136. The SMILES string of the molecule is CC(C)CNC(=O)C(=O)Nc1cccc2ccccc12. The van der Waals surface area contributed by atoms with Crippen molar-refractivity contribution in [1.29, 1.82) is 0 Å². The minimum absolute atomic E-state index is 0.310. The van der Waals surface area contributed by atoms with E-state index in [9.17, 15) is 9.59 Å². The number of fused-ring (bicyclic) bond motifs is 1. The lowest BCUT2D eigenvalue weighted by Crippen LogP contribution is -2.37. The second kappa shape index (κ2) is 6.19. The first-order chi connectivity index (χ1) is 9.58. The second-order valence-corrected chi connectivity index (χ2v) is 5.08. The molecule has 0 heterocycles. The summed E-state index contributed by atoms with van der Waals surface area (Å²) in [4.78, 5) is 23.5. The van der Waals surface area contributed by atoms with Crippen molar-refractivity contribution in [2.24, 2.45) is 5.92 Å². The average Bonchev–Trinajstić information content (AvgIpc) is 2.45. The standard InChI is InChI=1S/C16H18N2O2/c1-11(2)10-17-15(19)16(20)18-14-9-5-7-12-6-3-4-8-13(12)14/h3-9,11H,10H2,1-2H3,(H,17,19)(H,18,20). The first-order valence-electron chi connectivity index (χ1n) is 6.65. The van der Waals surface area contributed by atoms with Crippen LogP contribution in [0.4, 0.5) is 5.69 Å². The molecule has 0 spiro atoms. The number of nitrogens with one attached hydrogen (secondary N) is 2. The van der Waals surface area contributed by atoms with Crippen molar-refractivity contribution in [3.05, 3.63) is 42.5 Å². The fourth-order valence-electron chi connectivity index (χ4n) is 1.89. The highest BCUT2D eigenvalue weighted by molar-refractivity contribution is 6.40. The Kier molecular flexibility index (Phi) is 4.35. The Labute approximate surface area is 118 Å². The molecule has 0 aliphatic heterocycles. The van der Waals surface area contributed by atoms with Crippen molar-refractivity contribution in [3.8, 4) is 0 Å². The van der Waals surface area contributed by atoms with Crippen LogP contribution in [0.1, 0.15) is 13.8 Å². The smallest absolute Gasteiger partial charge is 0.313 e. The van der Waals surface area contributed by atoms with Gasteiger partial charge in [0, 0.05) is 17.6 Å². The number of amides is 2. The molecule has 2 aromatic rings. The van der Waals surface area contributed by atoms with Gasteiger partial charge in [-0.15, -0.1) is 0 Å². The highest BCUT2D eigenvalue weighted by Gasteiger charge is 2.14. The van der Waals surface area contributed by atoms with E-state index in [1.54, 1.807) is 6.07 Å². The Bertz CT molecular complexity index is 630. The summed E-state index contributed by atoms with van der Waals surface area (Å²) >= 11 is 0. The molecule has 2 rings (SSSR count). The van der Waals surface area contributed by atoms with Gasteiger partial charge in [-0.05, 0) is 17.4 Å². The van der Waals surface area contributed by atoms with Crippen molar-refractivity contribution in [3.63, 3.8) is 0 Å². The Hall–Kier alpha value is -2.36. The summed E-state index contributed by atoms with van der Waals surface area (Å²) in [5, 5.41) is 7.19. The van der Waals surface area contributed by atoms with E-state index >= 15 is 0 Å². The zero-order valence-corrected chi connectivity index (χ0v) is 11.6. The van der Waals surface area contributed by atoms with Crippen molar-refractivity contribution in [1.82, 2.24) is 5.32 Å². The van der Waals surface area contributed by atoms with Crippen LogP contribution >= 0.6 is 0 Å². The molecule has 20 heavy (non-hydrogen) atoms. The van der Waals surface area contributed by atoms with Gasteiger partial charge in [0.15, 0.2) is 0 Å². The Morgan fingerprint density at radius 3 is 2.45 bits per heavy atom. The van der Waals surface area contributed by atoms with Crippen molar-refractivity contribution in [2.45, 2.75) is 13.8 Å². The van der Waals surface area contributed by atoms with Gasteiger partial charge in [-0.3, -0.25) is 9.59 Å². The van der Waals surface area contributed by atoms with Crippen LogP contribution in [0.5, 0.6) is 0 Å². The average molecular weight is 270 g/mol. The van der Waals surface area contributed by atoms with Gasteiger partial charge in [0.05, 0.1) is 0 Å². The van der Waals surface area contributed by atoms with Crippen molar-refractivity contribution < 1.29 is 9.59 Å². The number of rotatable bonds is 3. The summed E-state index contributed by atoms with van der Waals surface area (Å²) in [5.41, 5.74) is 0.646. The van der Waals surface area contributed by atoms with E-state index in [0.29, 0.717) is 18.2 Å². The molecular weight excluding hydrogens is 252 g/mol. The summed E-state index contributed by atoms with van der Waals surface area (Å²) in [6.45, 7) is 4.44. The van der Waals surface area contributed by atoms with E-state index in [1.165, 1.54) is 0 Å². The summed E-state index contributed by atoms with van der Waals surface area (Å²) in [6.07, 6.45) is 0. The van der Waals surface area contributed by atoms with Gasteiger partial charge in [-0.1, -0.05) is 50.2 Å². The molecule has 0 bridgehead atoms. The van der Waals surface area contributed by atoms with Gasteiger partial charge in [-0.25, -0.2) is 0 Å². The number of carbonyl (C=O) groups excluding carboxylic acids is 2. The maximum Gasteiger partial charge on any atom is 0.313 e. The minimum Gasteiger partial charge on any atom is -0.348 e. The van der Waals surface area contributed by atoms with Crippen LogP contribution in [-0.4, -0.2) is 18.4 Å². The molecule has 4 heteroatoms. The first kappa shape index (κ1) is 14.1. The zero-order chi connectivity index (χ0) is 14.5. The molecule has 2 N–H and O–H groups in total. The number of benzene rings is 2. The number of carbonyl (C=O) groups is 2. The molecular formula is C16H18N2O2. The molecule has 0 aliphatic carbocycles. The quantitative estimate of drug-likeness (QED) is 0.842. The van der Waals surface area contributed by atoms with Crippen LogP contribution in [-0.2, 0) is 9.59 Å². The molecule has 0 fully saturated rings. The second-order valence-electron chi connectivity index (χ2n) is 5.08. The predicted octanol–water partition coefficient (Wildman–Crippen LogP) is 2.55. The maximum atomic E-state index is 11.8. The van der Waals surface area contributed by atoms with Gasteiger partial charge in [-0.2, -0.15) is 0 Å². The Balaban J connectivity index is 2.12. The van der Waals surface area contributed by atoms with Gasteiger partial charge in [0.25, 0.3) is 0 Å². The highest BCUT2D eigenvalue weighted by Crippen LogP contribution is 2.22. The fourth-order valence-corrected chi connectivity index (χ4v) is 1.89. The van der Waals surface area contributed by atoms with E-state index < -0.39 is 11.8 Å². The summed E-state index contributed by atoms with van der Waals surface area (Å²) < 4.78 is 0. The molecule has 0 aromatic heterocycles. The topological polar surface area (TPSA) is 58.2 Å². The van der Waals surface area contributed by atoms with E-state index in [4.69, 9.17) is 0 Å². The van der Waals surface area contributed by atoms with Crippen LogP contribution in [0.25, 0.3) is 10.8 Å². The molecule has 0 atom stereocenters. The third kappa shape index (κ3) is 3.35. The largest absolute Gasteiger partial charge is 0.348 e. The molecule has 4 nitrogen and oxygen atoms in total. The van der Waals surface area contributed by atoms with Crippen molar-refractivity contribution >= 4 is 28.3 Å². The molecule has 0 radical (unpaired) electrons. The van der Waals surface area contributed by atoms with Crippen LogP contribution in [0.15, 0.2) is 42.5 Å². The number of hydrogen-bond acceptors (Lipinski definition) is 2. The molecule has 0 saturated heterocycles. The van der Waals surface area contributed by atoms with Gasteiger partial charge < -0.3 is 10.6 Å². The summed E-state index contributed by atoms with van der Waals surface area (Å²) in [6, 6.07) is 13.3. The molecule has 104 valence electrons. The van der Waals surface area contributed by atoms with E-state index in [-0.39, 0.29) is 0 Å². The van der Waals surface area contributed by atoms with Crippen molar-refractivity contribution in [2.75, 3.05) is 11.9 Å². The van der Waals surface area contributed by atoms with Crippen LogP contribution in [0, 0.1) is 5.92 Å². The highest BCUT2D eigenvalue weighted by atomic mass is 16.2. The van der Waals surface area contributed by atoms with E-state index in [2.05, 4.69) is 10.6 Å². The van der Waals surface area contributed by atoms with Gasteiger partial charge in [0.1, 0.15) is 0 Å². The summed E-state index contributed by atoms with van der Waals surface area (Å²) in [5.74, 6) is -0.932. The summed E-state index contributed by atoms with van der Waals surface area (Å²) in [7, 11) is 0. The maximum absolute atomic E-state index is 11.8. The lowest BCUT2D eigenvalue weighted by atomic mass is 10.1. The number of anilines is 1. The zero-order valence-electron chi connectivity index (χ0n) is 11.6. The fraction of sp³-hybridized carbons (Fsp3) is 0.250. The third-order valence-electron chi connectivity index (χ3n) is 2.91. The monoisotopic (exact) mass is 270 g/mol. The Morgan fingerprint density at radius 1 is 1.00 bits per heavy atom. The predicted molar refractivity (Wildman–Crippen MR) is 80.4 cm³/mol. The molecule has 2 amide bonds. The molecule has 2 aromatic carbocycles. The Morgan fingerprint density at radius 2 is 1.70 bits per heavy atom. The van der Waals surface area contributed by atoms with Crippen LogP contribution in [0.2, 0.25) is 0 Å². The third-order valence-corrected chi connectivity index (χ3v) is 2.91. The molecule has 0 unspecified atom stereocenters. The lowest BCUT2D eigenvalue weighted by Gasteiger charge is -2.10. The normalized spacial score (nSPS) is 10.6. The minimum atomic E-state index is -0.637.